The van der Waals surface area contributed by atoms with Gasteiger partial charge >= 0.3 is 5.97 Å². The third-order valence-corrected chi connectivity index (χ3v) is 2.68. The maximum absolute atomic E-state index is 13.2. The first-order valence-corrected chi connectivity index (χ1v) is 5.02. The van der Waals surface area contributed by atoms with Crippen molar-refractivity contribution in [3.05, 3.63) is 28.5 Å². The Morgan fingerprint density at radius 2 is 2.06 bits per heavy atom. The SMILES string of the molecule is CC(C)(CC(=O)O)c1cc(F)c(O)c(Cl)c1. The summed E-state index contributed by atoms with van der Waals surface area (Å²) in [5, 5.41) is 17.8. The van der Waals surface area contributed by atoms with Crippen LogP contribution >= 0.6 is 11.6 Å². The minimum absolute atomic E-state index is 0.117. The number of carboxylic acid groups (broad SMARTS) is 1. The lowest BCUT2D eigenvalue weighted by atomic mass is 9.81. The molecule has 0 spiro atoms. The van der Waals surface area contributed by atoms with Crippen molar-refractivity contribution in [2.45, 2.75) is 25.7 Å². The van der Waals surface area contributed by atoms with Crippen molar-refractivity contribution in [3.8, 4) is 5.75 Å². The number of aromatic hydroxyl groups is 1. The summed E-state index contributed by atoms with van der Waals surface area (Å²) in [6.07, 6.45) is -0.145. The zero-order valence-electron chi connectivity index (χ0n) is 8.92. The van der Waals surface area contributed by atoms with Crippen molar-refractivity contribution in [2.75, 3.05) is 0 Å². The first-order chi connectivity index (χ1) is 7.24. The average molecular weight is 247 g/mol. The zero-order valence-corrected chi connectivity index (χ0v) is 9.68. The van der Waals surface area contributed by atoms with Gasteiger partial charge in [0.2, 0.25) is 0 Å². The molecule has 5 heteroatoms. The molecule has 0 aliphatic carbocycles. The van der Waals surface area contributed by atoms with E-state index in [0.29, 0.717) is 5.56 Å². The third kappa shape index (κ3) is 2.64. The van der Waals surface area contributed by atoms with E-state index in [-0.39, 0.29) is 11.4 Å². The molecule has 1 aromatic carbocycles. The van der Waals surface area contributed by atoms with Gasteiger partial charge in [0.1, 0.15) is 0 Å². The van der Waals surface area contributed by atoms with Gasteiger partial charge in [0.05, 0.1) is 11.4 Å². The molecule has 88 valence electrons. The summed E-state index contributed by atoms with van der Waals surface area (Å²) in [6.45, 7) is 3.34. The monoisotopic (exact) mass is 246 g/mol. The van der Waals surface area contributed by atoms with Gasteiger partial charge in [-0.2, -0.15) is 0 Å². The molecular formula is C11H12ClFO3. The fourth-order valence-corrected chi connectivity index (χ4v) is 1.64. The van der Waals surface area contributed by atoms with Crippen LogP contribution in [-0.4, -0.2) is 16.2 Å². The van der Waals surface area contributed by atoms with E-state index < -0.39 is 23.0 Å². The quantitative estimate of drug-likeness (QED) is 0.862. The lowest BCUT2D eigenvalue weighted by Gasteiger charge is -2.23. The molecule has 2 N–H and O–H groups in total. The molecule has 0 fully saturated rings. The number of halogens is 2. The summed E-state index contributed by atoms with van der Waals surface area (Å²) in [5.41, 5.74) is -0.306. The van der Waals surface area contributed by atoms with Crippen LogP contribution in [0.2, 0.25) is 5.02 Å². The molecular weight excluding hydrogens is 235 g/mol. The Balaban J connectivity index is 3.18. The van der Waals surface area contributed by atoms with Crippen molar-refractivity contribution in [1.29, 1.82) is 0 Å². The van der Waals surface area contributed by atoms with E-state index in [9.17, 15) is 9.18 Å². The Morgan fingerprint density at radius 3 is 2.50 bits per heavy atom. The Bertz CT molecular complexity index is 406. The van der Waals surface area contributed by atoms with Crippen molar-refractivity contribution in [1.82, 2.24) is 0 Å². The standard InChI is InChI=1S/C11H12ClFO3/c1-11(2,5-9(14)15)6-3-7(12)10(16)8(13)4-6/h3-4,16H,5H2,1-2H3,(H,14,15). The number of hydrogen-bond donors (Lipinski definition) is 2. The molecule has 0 saturated carbocycles. The first-order valence-electron chi connectivity index (χ1n) is 4.64. The number of rotatable bonds is 3. The third-order valence-electron chi connectivity index (χ3n) is 2.39. The highest BCUT2D eigenvalue weighted by atomic mass is 35.5. The van der Waals surface area contributed by atoms with Gasteiger partial charge in [-0.25, -0.2) is 4.39 Å². The van der Waals surface area contributed by atoms with Gasteiger partial charge in [0.25, 0.3) is 0 Å². The normalized spacial score (nSPS) is 11.5. The van der Waals surface area contributed by atoms with Crippen LogP contribution in [0, 0.1) is 5.82 Å². The van der Waals surface area contributed by atoms with Gasteiger partial charge in [0, 0.05) is 5.41 Å². The fraction of sp³-hybridized carbons (Fsp3) is 0.364. The zero-order chi connectivity index (χ0) is 12.5. The predicted octanol–water partition coefficient (Wildman–Crippen LogP) is 2.94. The largest absolute Gasteiger partial charge is 0.504 e. The summed E-state index contributed by atoms with van der Waals surface area (Å²) in [5.74, 6) is -2.44. The highest BCUT2D eigenvalue weighted by Crippen LogP contribution is 2.34. The maximum Gasteiger partial charge on any atom is 0.304 e. The van der Waals surface area contributed by atoms with Crippen molar-refractivity contribution >= 4 is 17.6 Å². The van der Waals surface area contributed by atoms with Crippen LogP contribution in [0.4, 0.5) is 4.39 Å². The van der Waals surface area contributed by atoms with E-state index in [2.05, 4.69) is 0 Å². The van der Waals surface area contributed by atoms with E-state index in [1.54, 1.807) is 13.8 Å². The molecule has 0 unspecified atom stereocenters. The topological polar surface area (TPSA) is 57.5 Å². The summed E-state index contributed by atoms with van der Waals surface area (Å²) in [4.78, 5) is 10.6. The smallest absolute Gasteiger partial charge is 0.304 e. The van der Waals surface area contributed by atoms with E-state index >= 15 is 0 Å². The van der Waals surface area contributed by atoms with Gasteiger partial charge in [0.15, 0.2) is 11.6 Å². The Hall–Kier alpha value is -1.29. The minimum atomic E-state index is -0.977. The van der Waals surface area contributed by atoms with Crippen LogP contribution in [0.25, 0.3) is 0 Å². The molecule has 0 aromatic heterocycles. The van der Waals surface area contributed by atoms with Gasteiger partial charge in [-0.15, -0.1) is 0 Å². The molecule has 0 bridgehead atoms. The molecule has 0 aliphatic heterocycles. The number of phenols is 1. The van der Waals surface area contributed by atoms with Crippen LogP contribution in [0.3, 0.4) is 0 Å². The van der Waals surface area contributed by atoms with E-state index in [1.807, 2.05) is 0 Å². The fourth-order valence-electron chi connectivity index (χ4n) is 1.44. The lowest BCUT2D eigenvalue weighted by Crippen LogP contribution is -2.21. The number of phenolic OH excluding ortho intramolecular Hbond substituents is 1. The van der Waals surface area contributed by atoms with E-state index in [0.717, 1.165) is 6.07 Å². The highest BCUT2D eigenvalue weighted by Gasteiger charge is 2.26. The highest BCUT2D eigenvalue weighted by molar-refractivity contribution is 6.32. The second-order valence-electron chi connectivity index (χ2n) is 4.24. The predicted molar refractivity (Wildman–Crippen MR) is 58.4 cm³/mol. The molecule has 0 saturated heterocycles. The molecule has 3 nitrogen and oxygen atoms in total. The lowest BCUT2D eigenvalue weighted by molar-refractivity contribution is -0.138. The summed E-state index contributed by atoms with van der Waals surface area (Å²) < 4.78 is 13.2. The van der Waals surface area contributed by atoms with Crippen LogP contribution in [0.1, 0.15) is 25.8 Å². The summed E-state index contributed by atoms with van der Waals surface area (Å²) in [7, 11) is 0. The Morgan fingerprint density at radius 1 is 1.50 bits per heavy atom. The molecule has 0 radical (unpaired) electrons. The van der Waals surface area contributed by atoms with Gasteiger partial charge < -0.3 is 10.2 Å². The van der Waals surface area contributed by atoms with Crippen LogP contribution in [0.15, 0.2) is 12.1 Å². The Kier molecular flexibility index (Phi) is 3.43. The molecule has 1 rings (SSSR count). The second-order valence-corrected chi connectivity index (χ2v) is 4.65. The number of carboxylic acids is 1. The Labute approximate surface area is 97.5 Å². The summed E-state index contributed by atoms with van der Waals surface area (Å²) in [6, 6.07) is 2.48. The second kappa shape index (κ2) is 4.29. The number of benzene rings is 1. The van der Waals surface area contributed by atoms with Gasteiger partial charge in [-0.05, 0) is 17.7 Å². The van der Waals surface area contributed by atoms with Gasteiger partial charge in [-0.3, -0.25) is 4.79 Å². The first kappa shape index (κ1) is 12.8. The molecule has 0 heterocycles. The van der Waals surface area contributed by atoms with Crippen molar-refractivity contribution in [3.63, 3.8) is 0 Å². The maximum atomic E-state index is 13.2. The number of carbonyl (C=O) groups is 1. The molecule has 0 aliphatic rings. The van der Waals surface area contributed by atoms with Crippen LogP contribution < -0.4 is 0 Å². The number of hydrogen-bond acceptors (Lipinski definition) is 2. The molecule has 0 atom stereocenters. The van der Waals surface area contributed by atoms with Crippen molar-refractivity contribution in [2.24, 2.45) is 0 Å². The van der Waals surface area contributed by atoms with Gasteiger partial charge in [-0.1, -0.05) is 25.4 Å². The average Bonchev–Trinajstić information content (AvgIpc) is 2.11. The van der Waals surface area contributed by atoms with E-state index in [4.69, 9.17) is 21.8 Å². The van der Waals surface area contributed by atoms with E-state index in [1.165, 1.54) is 6.07 Å². The molecule has 16 heavy (non-hydrogen) atoms. The molecule has 1 aromatic rings. The minimum Gasteiger partial charge on any atom is -0.504 e. The summed E-state index contributed by atoms with van der Waals surface area (Å²) >= 11 is 5.62. The number of aliphatic carboxylic acids is 1. The van der Waals surface area contributed by atoms with Crippen LogP contribution in [-0.2, 0) is 10.2 Å². The van der Waals surface area contributed by atoms with Crippen LogP contribution in [0.5, 0.6) is 5.75 Å². The molecule has 0 amide bonds. The van der Waals surface area contributed by atoms with Crippen molar-refractivity contribution < 1.29 is 19.4 Å².